The summed E-state index contributed by atoms with van der Waals surface area (Å²) >= 11 is 0. The molecule has 0 aromatic carbocycles. The lowest BCUT2D eigenvalue weighted by atomic mass is 9.82. The summed E-state index contributed by atoms with van der Waals surface area (Å²) in [5.41, 5.74) is -0.0776. The Kier molecular flexibility index (Phi) is 4.71. The van der Waals surface area contributed by atoms with Gasteiger partial charge in [-0.25, -0.2) is 0 Å². The quantitative estimate of drug-likeness (QED) is 0.796. The minimum absolute atomic E-state index is 0.0776. The zero-order chi connectivity index (χ0) is 15.6. The molecule has 1 atom stereocenters. The van der Waals surface area contributed by atoms with Gasteiger partial charge in [0.15, 0.2) is 0 Å². The standard InChI is InChI=1S/C17H28N2O3/c1-2-5-15(20)19-12-17(13-19)8-7-14(11-22-17)10-18-9-4-3-6-16(18)21/h14H,2-13H2,1H3. The second-order valence-electron chi connectivity index (χ2n) is 7.20. The number of likely N-dealkylation sites (tertiary alicyclic amines) is 2. The first-order valence-electron chi connectivity index (χ1n) is 8.81. The molecule has 1 unspecified atom stereocenters. The fourth-order valence-corrected chi connectivity index (χ4v) is 3.87. The van der Waals surface area contributed by atoms with Gasteiger partial charge in [0, 0.05) is 31.8 Å². The van der Waals surface area contributed by atoms with Crippen molar-refractivity contribution in [2.75, 3.05) is 32.8 Å². The number of amides is 2. The van der Waals surface area contributed by atoms with Crippen LogP contribution < -0.4 is 0 Å². The molecule has 0 N–H and O–H groups in total. The predicted octanol–water partition coefficient (Wildman–Crippen LogP) is 1.81. The van der Waals surface area contributed by atoms with Crippen molar-refractivity contribution >= 4 is 11.8 Å². The highest BCUT2D eigenvalue weighted by molar-refractivity contribution is 5.77. The van der Waals surface area contributed by atoms with Crippen molar-refractivity contribution in [2.45, 2.75) is 57.5 Å². The first-order valence-corrected chi connectivity index (χ1v) is 8.81. The molecule has 0 aromatic rings. The second-order valence-corrected chi connectivity index (χ2v) is 7.20. The summed E-state index contributed by atoms with van der Waals surface area (Å²) in [6, 6.07) is 0. The molecule has 0 aliphatic carbocycles. The summed E-state index contributed by atoms with van der Waals surface area (Å²) in [5.74, 6) is 1.04. The van der Waals surface area contributed by atoms with Crippen molar-refractivity contribution < 1.29 is 14.3 Å². The highest BCUT2D eigenvalue weighted by atomic mass is 16.5. The van der Waals surface area contributed by atoms with E-state index in [1.807, 2.05) is 16.7 Å². The maximum Gasteiger partial charge on any atom is 0.222 e. The van der Waals surface area contributed by atoms with Gasteiger partial charge in [0.2, 0.25) is 11.8 Å². The number of carbonyl (C=O) groups excluding carboxylic acids is 2. The summed E-state index contributed by atoms with van der Waals surface area (Å²) < 4.78 is 6.12. The van der Waals surface area contributed by atoms with Crippen LogP contribution in [-0.4, -0.2) is 60.0 Å². The molecule has 3 aliphatic rings. The van der Waals surface area contributed by atoms with Crippen molar-refractivity contribution in [3.8, 4) is 0 Å². The van der Waals surface area contributed by atoms with E-state index in [-0.39, 0.29) is 11.5 Å². The van der Waals surface area contributed by atoms with Crippen molar-refractivity contribution in [3.63, 3.8) is 0 Å². The predicted molar refractivity (Wildman–Crippen MR) is 83.3 cm³/mol. The van der Waals surface area contributed by atoms with E-state index >= 15 is 0 Å². The van der Waals surface area contributed by atoms with Crippen molar-refractivity contribution in [3.05, 3.63) is 0 Å². The molecule has 3 fully saturated rings. The molecule has 3 heterocycles. The van der Waals surface area contributed by atoms with E-state index in [4.69, 9.17) is 4.74 Å². The second kappa shape index (κ2) is 6.57. The van der Waals surface area contributed by atoms with Gasteiger partial charge in [0.05, 0.1) is 19.7 Å². The van der Waals surface area contributed by atoms with Crippen molar-refractivity contribution in [1.82, 2.24) is 9.80 Å². The number of hydrogen-bond acceptors (Lipinski definition) is 3. The van der Waals surface area contributed by atoms with Gasteiger partial charge in [-0.05, 0) is 32.1 Å². The Labute approximate surface area is 133 Å². The third-order valence-corrected chi connectivity index (χ3v) is 5.31. The van der Waals surface area contributed by atoms with Crippen LogP contribution in [0.4, 0.5) is 0 Å². The average molecular weight is 308 g/mol. The molecule has 3 aliphatic heterocycles. The molecule has 0 saturated carbocycles. The lowest BCUT2D eigenvalue weighted by Gasteiger charge is -2.53. The van der Waals surface area contributed by atoms with Gasteiger partial charge in [-0.3, -0.25) is 9.59 Å². The van der Waals surface area contributed by atoms with Gasteiger partial charge in [-0.15, -0.1) is 0 Å². The third-order valence-electron chi connectivity index (χ3n) is 5.31. The number of piperidine rings is 1. The number of rotatable bonds is 4. The minimum Gasteiger partial charge on any atom is -0.371 e. The lowest BCUT2D eigenvalue weighted by molar-refractivity contribution is -0.190. The highest BCUT2D eigenvalue weighted by Gasteiger charge is 2.48. The Hall–Kier alpha value is -1.10. The van der Waals surface area contributed by atoms with E-state index in [0.29, 0.717) is 24.7 Å². The topological polar surface area (TPSA) is 49.9 Å². The fourth-order valence-electron chi connectivity index (χ4n) is 3.87. The van der Waals surface area contributed by atoms with Crippen LogP contribution in [0.2, 0.25) is 0 Å². The molecule has 2 amide bonds. The molecule has 3 saturated heterocycles. The number of hydrogen-bond donors (Lipinski definition) is 0. The van der Waals surface area contributed by atoms with Crippen LogP contribution in [0.15, 0.2) is 0 Å². The smallest absolute Gasteiger partial charge is 0.222 e. The maximum atomic E-state index is 11.9. The Balaban J connectivity index is 1.42. The molecule has 3 rings (SSSR count). The Morgan fingerprint density at radius 2 is 2.18 bits per heavy atom. The van der Waals surface area contributed by atoms with Crippen molar-refractivity contribution in [2.24, 2.45) is 5.92 Å². The first kappa shape index (κ1) is 15.8. The van der Waals surface area contributed by atoms with Gasteiger partial charge in [0.1, 0.15) is 5.60 Å². The van der Waals surface area contributed by atoms with E-state index in [9.17, 15) is 9.59 Å². The van der Waals surface area contributed by atoms with Crippen LogP contribution in [0.3, 0.4) is 0 Å². The molecular formula is C17H28N2O3. The molecular weight excluding hydrogens is 280 g/mol. The van der Waals surface area contributed by atoms with Gasteiger partial charge in [-0.2, -0.15) is 0 Å². The number of carbonyl (C=O) groups is 2. The summed E-state index contributed by atoms with van der Waals surface area (Å²) in [5, 5.41) is 0. The molecule has 124 valence electrons. The van der Waals surface area contributed by atoms with Crippen LogP contribution >= 0.6 is 0 Å². The monoisotopic (exact) mass is 308 g/mol. The molecule has 5 heteroatoms. The van der Waals surface area contributed by atoms with E-state index in [1.54, 1.807) is 0 Å². The maximum absolute atomic E-state index is 11.9. The number of ether oxygens (including phenoxy) is 1. The lowest BCUT2D eigenvalue weighted by Crippen LogP contribution is -2.66. The van der Waals surface area contributed by atoms with Gasteiger partial charge < -0.3 is 14.5 Å². The first-order chi connectivity index (χ1) is 10.6. The summed E-state index contributed by atoms with van der Waals surface area (Å²) in [6.07, 6.45) is 6.59. The Morgan fingerprint density at radius 3 is 2.82 bits per heavy atom. The fraction of sp³-hybridized carbons (Fsp3) is 0.882. The van der Waals surface area contributed by atoms with E-state index in [2.05, 4.69) is 0 Å². The number of nitrogens with zero attached hydrogens (tertiary/aromatic N) is 2. The van der Waals surface area contributed by atoms with E-state index < -0.39 is 0 Å². The van der Waals surface area contributed by atoms with E-state index in [1.165, 1.54) is 0 Å². The van der Waals surface area contributed by atoms with Crippen LogP contribution in [0.5, 0.6) is 0 Å². The summed E-state index contributed by atoms with van der Waals surface area (Å²) in [6.45, 7) is 6.08. The van der Waals surface area contributed by atoms with Gasteiger partial charge in [-0.1, -0.05) is 6.92 Å². The minimum atomic E-state index is -0.0776. The largest absolute Gasteiger partial charge is 0.371 e. The van der Waals surface area contributed by atoms with Crippen molar-refractivity contribution in [1.29, 1.82) is 0 Å². The molecule has 22 heavy (non-hydrogen) atoms. The van der Waals surface area contributed by atoms with Gasteiger partial charge >= 0.3 is 0 Å². The zero-order valence-corrected chi connectivity index (χ0v) is 13.7. The Morgan fingerprint density at radius 1 is 1.36 bits per heavy atom. The summed E-state index contributed by atoms with van der Waals surface area (Å²) in [4.78, 5) is 27.7. The normalized spacial score (nSPS) is 27.9. The summed E-state index contributed by atoms with van der Waals surface area (Å²) in [7, 11) is 0. The molecule has 0 radical (unpaired) electrons. The Bertz CT molecular complexity index is 422. The van der Waals surface area contributed by atoms with Crippen LogP contribution in [0.25, 0.3) is 0 Å². The third kappa shape index (κ3) is 3.29. The molecule has 0 aromatic heterocycles. The average Bonchev–Trinajstić information content (AvgIpc) is 2.48. The molecule has 1 spiro atoms. The van der Waals surface area contributed by atoms with Gasteiger partial charge in [0.25, 0.3) is 0 Å². The van der Waals surface area contributed by atoms with Crippen LogP contribution in [0, 0.1) is 5.92 Å². The molecule has 0 bridgehead atoms. The van der Waals surface area contributed by atoms with Crippen LogP contribution in [-0.2, 0) is 14.3 Å². The SMILES string of the molecule is CCCC(=O)N1CC2(CCC(CN3CCCCC3=O)CO2)C1. The molecule has 5 nitrogen and oxygen atoms in total. The highest BCUT2D eigenvalue weighted by Crippen LogP contribution is 2.36. The van der Waals surface area contributed by atoms with Crippen LogP contribution in [0.1, 0.15) is 51.9 Å². The zero-order valence-electron chi connectivity index (χ0n) is 13.7. The van der Waals surface area contributed by atoms with E-state index in [0.717, 1.165) is 64.9 Å².